The smallest absolute Gasteiger partial charge is 0.122 e. The third-order valence-electron chi connectivity index (χ3n) is 2.08. The van der Waals surface area contributed by atoms with Gasteiger partial charge in [0.1, 0.15) is 11.5 Å². The Morgan fingerprint density at radius 1 is 1.38 bits per heavy atom. The third kappa shape index (κ3) is 2.63. The van der Waals surface area contributed by atoms with Crippen molar-refractivity contribution in [1.82, 2.24) is 0 Å². The summed E-state index contributed by atoms with van der Waals surface area (Å²) in [5.41, 5.74) is 6.52. The molecule has 0 spiro atoms. The molecule has 0 amide bonds. The molecule has 3 nitrogen and oxygen atoms in total. The van der Waals surface area contributed by atoms with Crippen LogP contribution >= 0.6 is 0 Å². The van der Waals surface area contributed by atoms with Crippen LogP contribution in [0, 0.1) is 0 Å². The molecule has 0 bridgehead atoms. The first-order chi connectivity index (χ1) is 6.13. The normalized spacial score (nSPS) is 12.8. The Labute approximate surface area is 77.8 Å². The Balaban J connectivity index is 2.77. The summed E-state index contributed by atoms with van der Waals surface area (Å²) < 4.78 is 0. The Hall–Kier alpha value is -1.22. The summed E-state index contributed by atoms with van der Waals surface area (Å²) >= 11 is 0. The average Bonchev–Trinajstić information content (AvgIpc) is 2.09. The quantitative estimate of drug-likeness (QED) is 0.660. The maximum Gasteiger partial charge on any atom is 0.122 e. The van der Waals surface area contributed by atoms with E-state index in [1.165, 1.54) is 6.07 Å². The van der Waals surface area contributed by atoms with E-state index in [1.54, 1.807) is 12.1 Å². The number of phenolic OH excluding ortho intramolecular Hbond substituents is 2. The Kier molecular flexibility index (Phi) is 3.14. The zero-order valence-electron chi connectivity index (χ0n) is 7.70. The minimum absolute atomic E-state index is 0.0652. The van der Waals surface area contributed by atoms with Crippen molar-refractivity contribution < 1.29 is 10.2 Å². The van der Waals surface area contributed by atoms with Crippen LogP contribution in [0.3, 0.4) is 0 Å². The topological polar surface area (TPSA) is 66.5 Å². The van der Waals surface area contributed by atoms with Gasteiger partial charge in [-0.05, 0) is 24.5 Å². The first kappa shape index (κ1) is 9.86. The van der Waals surface area contributed by atoms with Crippen molar-refractivity contribution in [3.8, 4) is 11.5 Å². The molecule has 0 saturated carbocycles. The number of rotatable bonds is 3. The molecule has 0 aliphatic rings. The lowest BCUT2D eigenvalue weighted by Crippen LogP contribution is -2.21. The molecular formula is C10H15NO2. The van der Waals surface area contributed by atoms with Gasteiger partial charge in [0.15, 0.2) is 0 Å². The van der Waals surface area contributed by atoms with Gasteiger partial charge in [0.25, 0.3) is 0 Å². The SMILES string of the molecule is CCC(N)Cc1ccc(O)cc1O. The van der Waals surface area contributed by atoms with Crippen molar-refractivity contribution in [2.45, 2.75) is 25.8 Å². The maximum absolute atomic E-state index is 9.42. The zero-order chi connectivity index (χ0) is 9.84. The highest BCUT2D eigenvalue weighted by molar-refractivity contribution is 5.39. The summed E-state index contributed by atoms with van der Waals surface area (Å²) in [4.78, 5) is 0. The van der Waals surface area contributed by atoms with Crippen LogP contribution in [0.2, 0.25) is 0 Å². The van der Waals surface area contributed by atoms with Crippen molar-refractivity contribution in [2.24, 2.45) is 5.73 Å². The molecule has 1 rings (SSSR count). The van der Waals surface area contributed by atoms with Crippen LogP contribution in [0.4, 0.5) is 0 Å². The van der Waals surface area contributed by atoms with Crippen LogP contribution in [0.5, 0.6) is 11.5 Å². The summed E-state index contributed by atoms with van der Waals surface area (Å²) in [7, 11) is 0. The van der Waals surface area contributed by atoms with Gasteiger partial charge in [0, 0.05) is 12.1 Å². The molecule has 13 heavy (non-hydrogen) atoms. The molecule has 0 heterocycles. The van der Waals surface area contributed by atoms with Gasteiger partial charge in [0.2, 0.25) is 0 Å². The molecule has 0 radical (unpaired) electrons. The number of hydrogen-bond donors (Lipinski definition) is 3. The molecule has 72 valence electrons. The molecule has 4 N–H and O–H groups in total. The first-order valence-corrected chi connectivity index (χ1v) is 4.40. The third-order valence-corrected chi connectivity index (χ3v) is 2.08. The van der Waals surface area contributed by atoms with Crippen molar-refractivity contribution in [1.29, 1.82) is 0 Å². The van der Waals surface area contributed by atoms with E-state index in [0.717, 1.165) is 12.0 Å². The highest BCUT2D eigenvalue weighted by atomic mass is 16.3. The molecule has 1 aromatic carbocycles. The van der Waals surface area contributed by atoms with Crippen LogP contribution in [-0.2, 0) is 6.42 Å². The second-order valence-electron chi connectivity index (χ2n) is 3.19. The van der Waals surface area contributed by atoms with Gasteiger partial charge >= 0.3 is 0 Å². The van der Waals surface area contributed by atoms with Gasteiger partial charge < -0.3 is 15.9 Å². The van der Waals surface area contributed by atoms with Crippen LogP contribution in [0.15, 0.2) is 18.2 Å². The Morgan fingerprint density at radius 2 is 2.08 bits per heavy atom. The maximum atomic E-state index is 9.42. The molecule has 0 saturated heterocycles. The molecule has 1 unspecified atom stereocenters. The van der Waals surface area contributed by atoms with E-state index in [0.29, 0.717) is 6.42 Å². The van der Waals surface area contributed by atoms with E-state index in [4.69, 9.17) is 10.8 Å². The molecule has 1 atom stereocenters. The fourth-order valence-corrected chi connectivity index (χ4v) is 1.15. The predicted octanol–water partition coefficient (Wildman–Crippen LogP) is 1.38. The van der Waals surface area contributed by atoms with E-state index < -0.39 is 0 Å². The number of benzene rings is 1. The minimum Gasteiger partial charge on any atom is -0.508 e. The van der Waals surface area contributed by atoms with Gasteiger partial charge in [0.05, 0.1) is 0 Å². The highest BCUT2D eigenvalue weighted by Gasteiger charge is 2.06. The number of phenols is 2. The highest BCUT2D eigenvalue weighted by Crippen LogP contribution is 2.23. The zero-order valence-corrected chi connectivity index (χ0v) is 7.70. The fourth-order valence-electron chi connectivity index (χ4n) is 1.15. The second kappa shape index (κ2) is 4.14. The molecular weight excluding hydrogens is 166 g/mol. The number of hydrogen-bond acceptors (Lipinski definition) is 3. The lowest BCUT2D eigenvalue weighted by atomic mass is 10.0. The average molecular weight is 181 g/mol. The van der Waals surface area contributed by atoms with Gasteiger partial charge in [-0.2, -0.15) is 0 Å². The lowest BCUT2D eigenvalue weighted by molar-refractivity contribution is 0.443. The van der Waals surface area contributed by atoms with Crippen LogP contribution < -0.4 is 5.73 Å². The van der Waals surface area contributed by atoms with Crippen LogP contribution in [-0.4, -0.2) is 16.3 Å². The molecule has 0 aliphatic carbocycles. The van der Waals surface area contributed by atoms with Gasteiger partial charge in [-0.15, -0.1) is 0 Å². The largest absolute Gasteiger partial charge is 0.508 e. The van der Waals surface area contributed by atoms with Gasteiger partial charge in [-0.25, -0.2) is 0 Å². The number of nitrogens with two attached hydrogens (primary N) is 1. The van der Waals surface area contributed by atoms with Crippen molar-refractivity contribution >= 4 is 0 Å². The summed E-state index contributed by atoms with van der Waals surface area (Å²) in [5, 5.41) is 18.5. The fraction of sp³-hybridized carbons (Fsp3) is 0.400. The van der Waals surface area contributed by atoms with E-state index in [1.807, 2.05) is 6.92 Å². The molecule has 0 aliphatic heterocycles. The van der Waals surface area contributed by atoms with E-state index in [-0.39, 0.29) is 17.5 Å². The van der Waals surface area contributed by atoms with E-state index >= 15 is 0 Å². The predicted molar refractivity (Wildman–Crippen MR) is 51.7 cm³/mol. The second-order valence-corrected chi connectivity index (χ2v) is 3.19. The standard InChI is InChI=1S/C10H15NO2/c1-2-8(11)5-7-3-4-9(12)6-10(7)13/h3-4,6,8,12-13H,2,5,11H2,1H3. The lowest BCUT2D eigenvalue weighted by Gasteiger charge is -2.09. The van der Waals surface area contributed by atoms with E-state index in [9.17, 15) is 5.11 Å². The van der Waals surface area contributed by atoms with Crippen molar-refractivity contribution in [3.63, 3.8) is 0 Å². The Morgan fingerprint density at radius 3 is 2.62 bits per heavy atom. The number of aromatic hydroxyl groups is 2. The Bertz CT molecular complexity index is 286. The first-order valence-electron chi connectivity index (χ1n) is 4.40. The van der Waals surface area contributed by atoms with E-state index in [2.05, 4.69) is 0 Å². The van der Waals surface area contributed by atoms with Gasteiger partial charge in [-0.3, -0.25) is 0 Å². The molecule has 3 heteroatoms. The monoisotopic (exact) mass is 181 g/mol. The van der Waals surface area contributed by atoms with Gasteiger partial charge in [-0.1, -0.05) is 13.0 Å². The van der Waals surface area contributed by atoms with Crippen LogP contribution in [0.1, 0.15) is 18.9 Å². The summed E-state index contributed by atoms with van der Waals surface area (Å²) in [6, 6.07) is 4.64. The summed E-state index contributed by atoms with van der Waals surface area (Å²) in [6.07, 6.45) is 1.52. The van der Waals surface area contributed by atoms with Crippen molar-refractivity contribution in [2.75, 3.05) is 0 Å². The molecule has 0 fully saturated rings. The summed E-state index contributed by atoms with van der Waals surface area (Å²) in [6.45, 7) is 2.00. The van der Waals surface area contributed by atoms with Crippen molar-refractivity contribution in [3.05, 3.63) is 23.8 Å². The van der Waals surface area contributed by atoms with Crippen LogP contribution in [0.25, 0.3) is 0 Å². The molecule has 0 aromatic heterocycles. The summed E-state index contributed by atoms with van der Waals surface area (Å²) in [5.74, 6) is 0.190. The minimum atomic E-state index is 0.0652. The molecule has 1 aromatic rings.